The molecule has 2 fully saturated rings. The molecular formula is C12H22N2O2. The van der Waals surface area contributed by atoms with Gasteiger partial charge in [-0.05, 0) is 32.1 Å². The minimum atomic E-state index is 0.217. The molecule has 1 saturated heterocycles. The van der Waals surface area contributed by atoms with E-state index in [0.717, 1.165) is 19.6 Å². The molecular weight excluding hydrogens is 204 g/mol. The predicted octanol–water partition coefficient (Wildman–Crippen LogP) is 0.622. The predicted molar refractivity (Wildman–Crippen MR) is 62.2 cm³/mol. The van der Waals surface area contributed by atoms with E-state index in [-0.39, 0.29) is 5.91 Å². The van der Waals surface area contributed by atoms with Crippen molar-refractivity contribution in [1.29, 1.82) is 0 Å². The van der Waals surface area contributed by atoms with E-state index in [1.165, 1.54) is 12.8 Å². The molecule has 0 aromatic carbocycles. The fourth-order valence-corrected chi connectivity index (χ4v) is 2.20. The monoisotopic (exact) mass is 226 g/mol. The Labute approximate surface area is 97.3 Å². The number of hydrogen-bond acceptors (Lipinski definition) is 3. The summed E-state index contributed by atoms with van der Waals surface area (Å²) in [6.45, 7) is 4.34. The van der Waals surface area contributed by atoms with E-state index in [4.69, 9.17) is 4.74 Å². The summed E-state index contributed by atoms with van der Waals surface area (Å²) in [5.41, 5.74) is 0. The highest BCUT2D eigenvalue weighted by Gasteiger charge is 2.29. The zero-order chi connectivity index (χ0) is 11.5. The highest BCUT2D eigenvalue weighted by atomic mass is 16.5. The van der Waals surface area contributed by atoms with E-state index in [0.29, 0.717) is 24.6 Å². The summed E-state index contributed by atoms with van der Waals surface area (Å²) in [5, 5.41) is 3.25. The number of rotatable bonds is 5. The van der Waals surface area contributed by atoms with Gasteiger partial charge in [0.15, 0.2) is 0 Å². The molecule has 92 valence electrons. The first-order valence-electron chi connectivity index (χ1n) is 6.26. The van der Waals surface area contributed by atoms with Crippen LogP contribution in [-0.2, 0) is 9.53 Å². The van der Waals surface area contributed by atoms with Crippen LogP contribution in [0.1, 0.15) is 26.2 Å². The first-order valence-corrected chi connectivity index (χ1v) is 6.26. The highest BCUT2D eigenvalue weighted by Crippen LogP contribution is 2.25. The van der Waals surface area contributed by atoms with Crippen LogP contribution in [0.3, 0.4) is 0 Å². The Morgan fingerprint density at radius 1 is 1.44 bits per heavy atom. The van der Waals surface area contributed by atoms with Crippen LogP contribution in [0.25, 0.3) is 0 Å². The lowest BCUT2D eigenvalue weighted by Gasteiger charge is -2.18. The molecule has 16 heavy (non-hydrogen) atoms. The van der Waals surface area contributed by atoms with Crippen LogP contribution in [-0.4, -0.2) is 49.7 Å². The third kappa shape index (κ3) is 2.95. The molecule has 1 N–H and O–H groups in total. The first-order chi connectivity index (χ1) is 7.68. The van der Waals surface area contributed by atoms with Gasteiger partial charge in [0, 0.05) is 26.2 Å². The lowest BCUT2D eigenvalue weighted by molar-refractivity contribution is -0.129. The molecule has 1 aliphatic heterocycles. The van der Waals surface area contributed by atoms with Crippen molar-refractivity contribution in [1.82, 2.24) is 10.2 Å². The molecule has 2 atom stereocenters. The minimum absolute atomic E-state index is 0.217. The molecule has 4 heteroatoms. The third-order valence-corrected chi connectivity index (χ3v) is 3.70. The fourth-order valence-electron chi connectivity index (χ4n) is 2.20. The zero-order valence-electron chi connectivity index (χ0n) is 10.2. The van der Waals surface area contributed by atoms with Crippen molar-refractivity contribution in [3.8, 4) is 0 Å². The van der Waals surface area contributed by atoms with Gasteiger partial charge in [0.25, 0.3) is 0 Å². The molecule has 0 bridgehead atoms. The molecule has 1 saturated carbocycles. The van der Waals surface area contributed by atoms with Crippen LogP contribution in [0.4, 0.5) is 0 Å². The lowest BCUT2D eigenvalue weighted by atomic mass is 10.0. The summed E-state index contributed by atoms with van der Waals surface area (Å²) in [7, 11) is 1.91. The van der Waals surface area contributed by atoms with Gasteiger partial charge in [0.2, 0.25) is 5.91 Å². The summed E-state index contributed by atoms with van der Waals surface area (Å²) in [6.07, 6.45) is 3.80. The van der Waals surface area contributed by atoms with Gasteiger partial charge in [-0.25, -0.2) is 0 Å². The Bertz CT molecular complexity index is 253. The summed E-state index contributed by atoms with van der Waals surface area (Å²) >= 11 is 0. The molecule has 0 radical (unpaired) electrons. The largest absolute Gasteiger partial charge is 0.378 e. The summed E-state index contributed by atoms with van der Waals surface area (Å²) in [6, 6.07) is 0.517. The second-order valence-electron chi connectivity index (χ2n) is 4.99. The van der Waals surface area contributed by atoms with Crippen LogP contribution in [0, 0.1) is 5.92 Å². The molecule has 2 unspecified atom stereocenters. The minimum Gasteiger partial charge on any atom is -0.378 e. The number of ether oxygens (including phenoxy) is 1. The SMILES string of the molecule is CC1OCCC1CNCC(=O)N(C)C1CC1. The van der Waals surface area contributed by atoms with Gasteiger partial charge < -0.3 is 15.0 Å². The van der Waals surface area contributed by atoms with Crippen molar-refractivity contribution in [2.24, 2.45) is 5.92 Å². The fraction of sp³-hybridized carbons (Fsp3) is 0.917. The van der Waals surface area contributed by atoms with E-state index in [1.54, 1.807) is 0 Å². The lowest BCUT2D eigenvalue weighted by Crippen LogP contribution is -2.39. The second kappa shape index (κ2) is 5.15. The van der Waals surface area contributed by atoms with E-state index < -0.39 is 0 Å². The summed E-state index contributed by atoms with van der Waals surface area (Å²) in [5.74, 6) is 0.785. The number of carbonyl (C=O) groups excluding carboxylic acids is 1. The summed E-state index contributed by atoms with van der Waals surface area (Å²) < 4.78 is 5.48. The highest BCUT2D eigenvalue weighted by molar-refractivity contribution is 5.78. The van der Waals surface area contributed by atoms with Gasteiger partial charge in [-0.2, -0.15) is 0 Å². The maximum atomic E-state index is 11.7. The van der Waals surface area contributed by atoms with Crippen LogP contribution < -0.4 is 5.32 Å². The van der Waals surface area contributed by atoms with Crippen molar-refractivity contribution in [2.75, 3.05) is 26.7 Å². The maximum Gasteiger partial charge on any atom is 0.236 e. The van der Waals surface area contributed by atoms with E-state index in [9.17, 15) is 4.79 Å². The van der Waals surface area contributed by atoms with Gasteiger partial charge >= 0.3 is 0 Å². The molecule has 1 heterocycles. The molecule has 1 aliphatic carbocycles. The van der Waals surface area contributed by atoms with Crippen LogP contribution in [0.15, 0.2) is 0 Å². The number of amides is 1. The van der Waals surface area contributed by atoms with E-state index >= 15 is 0 Å². The topological polar surface area (TPSA) is 41.6 Å². The van der Waals surface area contributed by atoms with Gasteiger partial charge in [0.1, 0.15) is 0 Å². The summed E-state index contributed by atoms with van der Waals surface area (Å²) in [4.78, 5) is 13.6. The number of nitrogens with one attached hydrogen (secondary N) is 1. The Balaban J connectivity index is 1.61. The van der Waals surface area contributed by atoms with Crippen molar-refractivity contribution in [3.63, 3.8) is 0 Å². The Hall–Kier alpha value is -0.610. The van der Waals surface area contributed by atoms with Crippen molar-refractivity contribution < 1.29 is 9.53 Å². The molecule has 2 aliphatic rings. The van der Waals surface area contributed by atoms with Crippen LogP contribution in [0.2, 0.25) is 0 Å². The average Bonchev–Trinajstić information content (AvgIpc) is 3.03. The van der Waals surface area contributed by atoms with Crippen molar-refractivity contribution in [2.45, 2.75) is 38.3 Å². The van der Waals surface area contributed by atoms with Gasteiger partial charge in [0.05, 0.1) is 12.6 Å². The second-order valence-corrected chi connectivity index (χ2v) is 4.99. The molecule has 1 amide bonds. The number of hydrogen-bond donors (Lipinski definition) is 1. The van der Waals surface area contributed by atoms with Gasteiger partial charge in [-0.1, -0.05) is 0 Å². The van der Waals surface area contributed by atoms with Crippen molar-refractivity contribution in [3.05, 3.63) is 0 Å². The van der Waals surface area contributed by atoms with Gasteiger partial charge in [-0.3, -0.25) is 4.79 Å². The normalized spacial score (nSPS) is 29.4. The maximum absolute atomic E-state index is 11.7. The van der Waals surface area contributed by atoms with Gasteiger partial charge in [-0.15, -0.1) is 0 Å². The van der Waals surface area contributed by atoms with Crippen LogP contribution in [0.5, 0.6) is 0 Å². The number of nitrogens with zero attached hydrogens (tertiary/aromatic N) is 1. The third-order valence-electron chi connectivity index (χ3n) is 3.70. The zero-order valence-corrected chi connectivity index (χ0v) is 10.2. The number of likely N-dealkylation sites (N-methyl/N-ethyl adjacent to an activating group) is 1. The Kier molecular flexibility index (Phi) is 3.82. The smallest absolute Gasteiger partial charge is 0.236 e. The molecule has 0 aromatic heterocycles. The molecule has 0 spiro atoms. The first kappa shape index (κ1) is 11.9. The Morgan fingerprint density at radius 2 is 2.19 bits per heavy atom. The average molecular weight is 226 g/mol. The standard InChI is InChI=1S/C12H22N2O2/c1-9-10(5-6-16-9)7-13-8-12(15)14(2)11-3-4-11/h9-11,13H,3-8H2,1-2H3. The Morgan fingerprint density at radius 3 is 2.75 bits per heavy atom. The van der Waals surface area contributed by atoms with E-state index in [2.05, 4.69) is 12.2 Å². The molecule has 2 rings (SSSR count). The molecule has 0 aromatic rings. The van der Waals surface area contributed by atoms with Crippen molar-refractivity contribution >= 4 is 5.91 Å². The van der Waals surface area contributed by atoms with E-state index in [1.807, 2.05) is 11.9 Å². The quantitative estimate of drug-likeness (QED) is 0.747. The number of carbonyl (C=O) groups is 1. The molecule has 4 nitrogen and oxygen atoms in total. The van der Waals surface area contributed by atoms with Crippen LogP contribution >= 0.6 is 0 Å².